The number of fused-ring (bicyclic) bond motifs is 1. The highest BCUT2D eigenvalue weighted by atomic mass is 35.5. The fraction of sp³-hybridized carbons (Fsp3) is 0.500. The summed E-state index contributed by atoms with van der Waals surface area (Å²) >= 11 is 5.82. The van der Waals surface area contributed by atoms with Gasteiger partial charge >= 0.3 is 0 Å². The normalized spacial score (nSPS) is 23.3. The van der Waals surface area contributed by atoms with Crippen molar-refractivity contribution >= 4 is 29.3 Å². The Balaban J connectivity index is 1.48. The predicted octanol–water partition coefficient (Wildman–Crippen LogP) is 2.52. The first-order valence-corrected chi connectivity index (χ1v) is 8.80. The molecule has 1 N–H and O–H groups in total. The summed E-state index contributed by atoms with van der Waals surface area (Å²) in [5.41, 5.74) is 0.951. The molecule has 5 nitrogen and oxygen atoms in total. The molecule has 1 saturated carbocycles. The first-order chi connectivity index (χ1) is 11.6. The van der Waals surface area contributed by atoms with Crippen molar-refractivity contribution in [3.8, 4) is 0 Å². The maximum Gasteiger partial charge on any atom is 0.233 e. The summed E-state index contributed by atoms with van der Waals surface area (Å²) in [6.45, 7) is 0.584. The predicted molar refractivity (Wildman–Crippen MR) is 90.1 cm³/mol. The molecule has 0 bridgehead atoms. The summed E-state index contributed by atoms with van der Waals surface area (Å²) in [7, 11) is 0. The number of nitrogens with zero attached hydrogens (tertiary/aromatic N) is 1. The van der Waals surface area contributed by atoms with Crippen molar-refractivity contribution in [3.63, 3.8) is 0 Å². The molecule has 3 rings (SSSR count). The Morgan fingerprint density at radius 1 is 1.08 bits per heavy atom. The van der Waals surface area contributed by atoms with Gasteiger partial charge in [0, 0.05) is 24.5 Å². The zero-order chi connectivity index (χ0) is 17.1. The van der Waals surface area contributed by atoms with Crippen molar-refractivity contribution in [2.45, 2.75) is 38.6 Å². The maximum atomic E-state index is 12.3. The number of hydrogen-bond donors (Lipinski definition) is 1. The number of imide groups is 1. The van der Waals surface area contributed by atoms with E-state index in [2.05, 4.69) is 5.32 Å². The van der Waals surface area contributed by atoms with E-state index in [-0.39, 0.29) is 42.5 Å². The van der Waals surface area contributed by atoms with E-state index in [0.717, 1.165) is 31.2 Å². The van der Waals surface area contributed by atoms with Crippen LogP contribution < -0.4 is 5.32 Å². The van der Waals surface area contributed by atoms with Crippen molar-refractivity contribution in [2.75, 3.05) is 6.54 Å². The van der Waals surface area contributed by atoms with Crippen LogP contribution in [0.3, 0.4) is 0 Å². The number of halogens is 1. The molecule has 0 spiro atoms. The van der Waals surface area contributed by atoms with Crippen LogP contribution in [0.1, 0.15) is 37.7 Å². The minimum atomic E-state index is -0.166. The summed E-state index contributed by atoms with van der Waals surface area (Å²) in [4.78, 5) is 37.9. The van der Waals surface area contributed by atoms with Crippen molar-refractivity contribution in [2.24, 2.45) is 11.8 Å². The average Bonchev–Trinajstić information content (AvgIpc) is 2.84. The highest BCUT2D eigenvalue weighted by Gasteiger charge is 2.47. The van der Waals surface area contributed by atoms with Crippen LogP contribution in [-0.2, 0) is 20.9 Å². The highest BCUT2D eigenvalue weighted by Crippen LogP contribution is 2.37. The molecule has 2 aliphatic rings. The summed E-state index contributed by atoms with van der Waals surface area (Å²) in [6.07, 6.45) is 3.76. The first kappa shape index (κ1) is 17.0. The average molecular weight is 349 g/mol. The van der Waals surface area contributed by atoms with E-state index in [0.29, 0.717) is 11.6 Å². The Morgan fingerprint density at radius 3 is 2.25 bits per heavy atom. The molecule has 0 radical (unpaired) electrons. The minimum absolute atomic E-state index is 0.0878. The van der Waals surface area contributed by atoms with Crippen molar-refractivity contribution in [3.05, 3.63) is 34.9 Å². The van der Waals surface area contributed by atoms with Gasteiger partial charge in [-0.3, -0.25) is 19.3 Å². The van der Waals surface area contributed by atoms with E-state index < -0.39 is 0 Å². The lowest BCUT2D eigenvalue weighted by Gasteiger charge is -2.19. The Hall–Kier alpha value is -1.88. The van der Waals surface area contributed by atoms with Crippen LogP contribution in [0.15, 0.2) is 24.3 Å². The number of nitrogens with one attached hydrogen (secondary N) is 1. The van der Waals surface area contributed by atoms with Crippen molar-refractivity contribution in [1.82, 2.24) is 10.2 Å². The van der Waals surface area contributed by atoms with Crippen LogP contribution in [-0.4, -0.2) is 29.2 Å². The van der Waals surface area contributed by atoms with Crippen molar-refractivity contribution < 1.29 is 14.4 Å². The Kier molecular flexibility index (Phi) is 5.19. The number of carbonyl (C=O) groups excluding carboxylic acids is 3. The zero-order valence-corrected chi connectivity index (χ0v) is 14.2. The van der Waals surface area contributed by atoms with Gasteiger partial charge in [0.1, 0.15) is 0 Å². The van der Waals surface area contributed by atoms with Crippen LogP contribution in [0.4, 0.5) is 0 Å². The monoisotopic (exact) mass is 348 g/mol. The van der Waals surface area contributed by atoms with Gasteiger partial charge in [-0.25, -0.2) is 0 Å². The minimum Gasteiger partial charge on any atom is -0.352 e. The highest BCUT2D eigenvalue weighted by molar-refractivity contribution is 6.30. The van der Waals surface area contributed by atoms with E-state index in [1.807, 2.05) is 12.1 Å². The number of likely N-dealkylation sites (tertiary alicyclic amines) is 1. The molecular formula is C18H21ClN2O3. The molecule has 24 heavy (non-hydrogen) atoms. The molecule has 1 aromatic rings. The lowest BCUT2D eigenvalue weighted by molar-refractivity contribution is -0.140. The van der Waals surface area contributed by atoms with E-state index in [1.165, 1.54) is 4.90 Å². The van der Waals surface area contributed by atoms with Gasteiger partial charge in [-0.05, 0) is 30.5 Å². The Bertz CT molecular complexity index is 620. The van der Waals surface area contributed by atoms with Gasteiger partial charge in [-0.2, -0.15) is 0 Å². The molecule has 1 aromatic carbocycles. The molecule has 1 heterocycles. The third kappa shape index (κ3) is 3.61. The third-order valence-electron chi connectivity index (χ3n) is 4.90. The maximum absolute atomic E-state index is 12.3. The standard InChI is InChI=1S/C18H21ClN2O3/c19-13-7-5-12(6-8-13)11-20-16(22)9-10-21-17(23)14-3-1-2-4-15(14)18(21)24/h5-8,14-15H,1-4,9-11H2,(H,20,22). The van der Waals surface area contributed by atoms with Crippen LogP contribution in [0.5, 0.6) is 0 Å². The molecular weight excluding hydrogens is 328 g/mol. The quantitative estimate of drug-likeness (QED) is 0.831. The molecule has 6 heteroatoms. The number of amides is 3. The van der Waals surface area contributed by atoms with Crippen LogP contribution in [0, 0.1) is 11.8 Å². The fourth-order valence-electron chi connectivity index (χ4n) is 3.56. The summed E-state index contributed by atoms with van der Waals surface area (Å²) in [5, 5.41) is 3.45. The van der Waals surface area contributed by atoms with E-state index >= 15 is 0 Å². The topological polar surface area (TPSA) is 66.5 Å². The van der Waals surface area contributed by atoms with Gasteiger partial charge in [0.15, 0.2) is 0 Å². The second kappa shape index (κ2) is 7.34. The van der Waals surface area contributed by atoms with Gasteiger partial charge in [0.2, 0.25) is 17.7 Å². The molecule has 3 amide bonds. The number of hydrogen-bond acceptors (Lipinski definition) is 3. The smallest absolute Gasteiger partial charge is 0.233 e. The molecule has 2 atom stereocenters. The van der Waals surface area contributed by atoms with Crippen molar-refractivity contribution in [1.29, 1.82) is 0 Å². The number of rotatable bonds is 5. The molecule has 2 unspecified atom stereocenters. The Morgan fingerprint density at radius 2 is 1.67 bits per heavy atom. The Labute approximate surface area is 146 Å². The molecule has 1 aliphatic heterocycles. The van der Waals surface area contributed by atoms with Gasteiger partial charge in [0.05, 0.1) is 11.8 Å². The molecule has 2 fully saturated rings. The molecule has 1 saturated heterocycles. The van der Waals surface area contributed by atoms with Gasteiger partial charge in [-0.15, -0.1) is 0 Å². The number of carbonyl (C=O) groups is 3. The molecule has 1 aliphatic carbocycles. The second-order valence-corrected chi connectivity index (χ2v) is 6.92. The SMILES string of the molecule is O=C(CCN1C(=O)C2CCCCC2C1=O)NCc1ccc(Cl)cc1. The van der Waals surface area contributed by atoms with Gasteiger partial charge in [-0.1, -0.05) is 36.6 Å². The second-order valence-electron chi connectivity index (χ2n) is 6.48. The molecule has 128 valence electrons. The zero-order valence-electron chi connectivity index (χ0n) is 13.5. The van der Waals surface area contributed by atoms with E-state index in [4.69, 9.17) is 11.6 Å². The van der Waals surface area contributed by atoms with Crippen LogP contribution >= 0.6 is 11.6 Å². The summed E-state index contributed by atoms with van der Waals surface area (Å²) in [5.74, 6) is -0.641. The first-order valence-electron chi connectivity index (χ1n) is 8.42. The summed E-state index contributed by atoms with van der Waals surface area (Å²) in [6, 6.07) is 7.24. The van der Waals surface area contributed by atoms with Crippen LogP contribution in [0.2, 0.25) is 5.02 Å². The molecule has 0 aromatic heterocycles. The van der Waals surface area contributed by atoms with E-state index in [1.54, 1.807) is 12.1 Å². The largest absolute Gasteiger partial charge is 0.352 e. The number of benzene rings is 1. The van der Waals surface area contributed by atoms with Gasteiger partial charge < -0.3 is 5.32 Å². The lowest BCUT2D eigenvalue weighted by Crippen LogP contribution is -2.35. The van der Waals surface area contributed by atoms with Crippen LogP contribution in [0.25, 0.3) is 0 Å². The summed E-state index contributed by atoms with van der Waals surface area (Å²) < 4.78 is 0. The van der Waals surface area contributed by atoms with Gasteiger partial charge in [0.25, 0.3) is 0 Å². The van der Waals surface area contributed by atoms with E-state index in [9.17, 15) is 14.4 Å². The third-order valence-corrected chi connectivity index (χ3v) is 5.15. The lowest BCUT2D eigenvalue weighted by atomic mass is 9.81. The fourth-order valence-corrected chi connectivity index (χ4v) is 3.68.